The van der Waals surface area contributed by atoms with E-state index < -0.39 is 12.3 Å². The highest BCUT2D eigenvalue weighted by atomic mass is 16.6. The third-order valence-electron chi connectivity index (χ3n) is 4.49. The van der Waals surface area contributed by atoms with Crippen LogP contribution in [0.3, 0.4) is 0 Å². The van der Waals surface area contributed by atoms with Crippen LogP contribution in [-0.2, 0) is 4.74 Å². The fourth-order valence-electron chi connectivity index (χ4n) is 3.03. The highest BCUT2D eigenvalue weighted by Gasteiger charge is 2.44. The summed E-state index contributed by atoms with van der Waals surface area (Å²) < 4.78 is 5.68. The lowest BCUT2D eigenvalue weighted by atomic mass is 10.3. The van der Waals surface area contributed by atoms with Gasteiger partial charge < -0.3 is 14.5 Å². The molecule has 0 spiro atoms. The summed E-state index contributed by atoms with van der Waals surface area (Å²) in [5.74, 6) is -0.00328. The van der Waals surface area contributed by atoms with Gasteiger partial charge in [0.25, 0.3) is 5.91 Å². The van der Waals surface area contributed by atoms with E-state index in [1.807, 2.05) is 7.05 Å². The molecule has 9 nitrogen and oxygen atoms in total. The second-order valence-electron chi connectivity index (χ2n) is 6.18. The van der Waals surface area contributed by atoms with Crippen LogP contribution in [0.2, 0.25) is 0 Å². The van der Waals surface area contributed by atoms with Crippen LogP contribution in [0.4, 0.5) is 10.6 Å². The van der Waals surface area contributed by atoms with Crippen molar-refractivity contribution in [2.24, 2.45) is 0 Å². The smallest absolute Gasteiger partial charge is 0.412 e. The van der Waals surface area contributed by atoms with Crippen molar-refractivity contribution in [1.82, 2.24) is 24.8 Å². The Bertz CT molecular complexity index is 822. The number of fused-ring (bicyclic) bond motifs is 1. The molecule has 0 bridgehead atoms. The van der Waals surface area contributed by atoms with Gasteiger partial charge >= 0.3 is 6.09 Å². The summed E-state index contributed by atoms with van der Waals surface area (Å²) in [5.41, 5.74) is 0.500. The molecule has 134 valence electrons. The minimum absolute atomic E-state index is 0.175. The molecule has 0 saturated carbocycles. The summed E-state index contributed by atoms with van der Waals surface area (Å²) in [6.45, 7) is 2.71. The van der Waals surface area contributed by atoms with Gasteiger partial charge in [-0.3, -0.25) is 9.78 Å². The topological polar surface area (TPSA) is 91.8 Å². The number of ether oxygens (including phenoxy) is 1. The summed E-state index contributed by atoms with van der Waals surface area (Å²) in [5, 5.41) is 0. The van der Waals surface area contributed by atoms with E-state index in [4.69, 9.17) is 4.74 Å². The lowest BCUT2D eigenvalue weighted by molar-refractivity contribution is 0.0476. The van der Waals surface area contributed by atoms with Gasteiger partial charge in [-0.25, -0.2) is 19.7 Å². The minimum Gasteiger partial charge on any atom is -0.419 e. The number of nitrogens with zero attached hydrogens (tertiary/aromatic N) is 6. The average Bonchev–Trinajstić information content (AvgIpc) is 2.95. The Kier molecular flexibility index (Phi) is 4.21. The molecule has 2 aromatic rings. The van der Waals surface area contributed by atoms with E-state index >= 15 is 0 Å². The number of anilines is 1. The first-order valence-corrected chi connectivity index (χ1v) is 8.35. The third-order valence-corrected chi connectivity index (χ3v) is 4.49. The van der Waals surface area contributed by atoms with Gasteiger partial charge in [-0.2, -0.15) is 0 Å². The molecule has 1 saturated heterocycles. The van der Waals surface area contributed by atoms with Crippen LogP contribution in [0.25, 0.3) is 0 Å². The summed E-state index contributed by atoms with van der Waals surface area (Å²) >= 11 is 0. The molecule has 0 aliphatic carbocycles. The van der Waals surface area contributed by atoms with Crippen LogP contribution < -0.4 is 4.90 Å². The van der Waals surface area contributed by atoms with Gasteiger partial charge in [0.1, 0.15) is 11.5 Å². The molecular weight excluding hydrogens is 336 g/mol. The Morgan fingerprint density at radius 1 is 1.08 bits per heavy atom. The zero-order chi connectivity index (χ0) is 18.1. The number of hydrogen-bond acceptors (Lipinski definition) is 7. The Morgan fingerprint density at radius 3 is 2.58 bits per heavy atom. The molecule has 0 N–H and O–H groups in total. The fourth-order valence-corrected chi connectivity index (χ4v) is 3.03. The fraction of sp³-hybridized carbons (Fsp3) is 0.353. The average molecular weight is 354 g/mol. The molecule has 2 aromatic heterocycles. The molecule has 2 amide bonds. The van der Waals surface area contributed by atoms with Crippen molar-refractivity contribution in [3.05, 3.63) is 48.2 Å². The second kappa shape index (κ2) is 6.68. The lowest BCUT2D eigenvalue weighted by Crippen LogP contribution is -2.48. The van der Waals surface area contributed by atoms with Gasteiger partial charge in [0.2, 0.25) is 6.23 Å². The maximum atomic E-state index is 12.8. The number of piperazine rings is 1. The minimum atomic E-state index is -0.978. The SMILES string of the molecule is CN1CCN(C(=O)OC2c3nccnc3C(=O)N2c2ccccn2)CC1. The standard InChI is InChI=1S/C17H18N6O3/c1-21-8-10-22(11-9-21)17(25)26-16-14-13(19-6-7-20-14)15(24)23(16)12-4-2-3-5-18-12/h2-7,16H,8-11H2,1H3. The van der Waals surface area contributed by atoms with Gasteiger partial charge in [0.05, 0.1) is 0 Å². The van der Waals surface area contributed by atoms with Crippen LogP contribution in [-0.4, -0.2) is 70.0 Å². The number of rotatable bonds is 2. The van der Waals surface area contributed by atoms with Gasteiger partial charge in [-0.1, -0.05) is 6.07 Å². The molecule has 1 fully saturated rings. The summed E-state index contributed by atoms with van der Waals surface area (Å²) in [6.07, 6.45) is 3.04. The quantitative estimate of drug-likeness (QED) is 0.792. The Morgan fingerprint density at radius 2 is 1.85 bits per heavy atom. The first-order valence-electron chi connectivity index (χ1n) is 8.35. The second-order valence-corrected chi connectivity index (χ2v) is 6.18. The molecule has 9 heteroatoms. The van der Waals surface area contributed by atoms with Gasteiger partial charge in [-0.05, 0) is 19.2 Å². The van der Waals surface area contributed by atoms with E-state index in [0.717, 1.165) is 13.1 Å². The molecule has 1 atom stereocenters. The Balaban J connectivity index is 1.63. The molecule has 0 aromatic carbocycles. The largest absolute Gasteiger partial charge is 0.419 e. The molecular formula is C17H18N6O3. The maximum absolute atomic E-state index is 12.8. The predicted octanol–water partition coefficient (Wildman–Crippen LogP) is 0.915. The van der Waals surface area contributed by atoms with E-state index in [-0.39, 0.29) is 11.6 Å². The van der Waals surface area contributed by atoms with Crippen molar-refractivity contribution >= 4 is 17.8 Å². The molecule has 0 radical (unpaired) electrons. The Labute approximate surface area is 150 Å². The van der Waals surface area contributed by atoms with Gasteiger partial charge in [0.15, 0.2) is 5.69 Å². The monoisotopic (exact) mass is 354 g/mol. The number of aromatic nitrogens is 3. The van der Waals surface area contributed by atoms with E-state index in [1.54, 1.807) is 29.3 Å². The molecule has 1 unspecified atom stereocenters. The van der Waals surface area contributed by atoms with Crippen LogP contribution in [0.5, 0.6) is 0 Å². The number of carbonyl (C=O) groups is 2. The van der Waals surface area contributed by atoms with Gasteiger partial charge in [0, 0.05) is 44.8 Å². The number of amides is 2. The molecule has 2 aliphatic heterocycles. The zero-order valence-electron chi connectivity index (χ0n) is 14.3. The van der Waals surface area contributed by atoms with E-state index in [1.165, 1.54) is 17.3 Å². The van der Waals surface area contributed by atoms with Crippen LogP contribution in [0.15, 0.2) is 36.8 Å². The zero-order valence-corrected chi connectivity index (χ0v) is 14.3. The highest BCUT2D eigenvalue weighted by molar-refractivity contribution is 6.08. The number of likely N-dealkylation sites (N-methyl/N-ethyl adjacent to an activating group) is 1. The Hall–Kier alpha value is -3.07. The van der Waals surface area contributed by atoms with Crippen LogP contribution in [0.1, 0.15) is 22.4 Å². The van der Waals surface area contributed by atoms with Crippen molar-refractivity contribution in [2.45, 2.75) is 6.23 Å². The molecule has 2 aliphatic rings. The summed E-state index contributed by atoms with van der Waals surface area (Å²) in [7, 11) is 2.01. The molecule has 4 heterocycles. The van der Waals surface area contributed by atoms with Crippen LogP contribution >= 0.6 is 0 Å². The maximum Gasteiger partial charge on any atom is 0.412 e. The predicted molar refractivity (Wildman–Crippen MR) is 91.4 cm³/mol. The van der Waals surface area contributed by atoms with E-state index in [0.29, 0.717) is 24.6 Å². The first kappa shape index (κ1) is 16.4. The van der Waals surface area contributed by atoms with E-state index in [2.05, 4.69) is 19.9 Å². The summed E-state index contributed by atoms with van der Waals surface area (Å²) in [4.78, 5) is 43.0. The number of carbonyl (C=O) groups excluding carboxylic acids is 2. The van der Waals surface area contributed by atoms with Gasteiger partial charge in [-0.15, -0.1) is 0 Å². The normalized spacial score (nSPS) is 20.2. The molecule has 26 heavy (non-hydrogen) atoms. The number of hydrogen-bond donors (Lipinski definition) is 0. The van der Waals surface area contributed by atoms with Crippen molar-refractivity contribution in [3.8, 4) is 0 Å². The van der Waals surface area contributed by atoms with Crippen molar-refractivity contribution in [2.75, 3.05) is 38.1 Å². The highest BCUT2D eigenvalue weighted by Crippen LogP contribution is 2.35. The van der Waals surface area contributed by atoms with Crippen molar-refractivity contribution in [3.63, 3.8) is 0 Å². The lowest BCUT2D eigenvalue weighted by Gasteiger charge is -2.33. The first-order chi connectivity index (χ1) is 12.6. The third kappa shape index (κ3) is 2.86. The molecule has 4 rings (SSSR count). The van der Waals surface area contributed by atoms with E-state index in [9.17, 15) is 9.59 Å². The van der Waals surface area contributed by atoms with Crippen molar-refractivity contribution < 1.29 is 14.3 Å². The summed E-state index contributed by atoms with van der Waals surface area (Å²) in [6, 6.07) is 5.19. The van der Waals surface area contributed by atoms with Crippen molar-refractivity contribution in [1.29, 1.82) is 0 Å². The van der Waals surface area contributed by atoms with Crippen LogP contribution in [0, 0.1) is 0 Å². The number of pyridine rings is 1.